The molecule has 29 heavy (non-hydrogen) atoms. The highest BCUT2D eigenvalue weighted by molar-refractivity contribution is 5.14. The molecule has 0 bridgehead atoms. The fourth-order valence-electron chi connectivity index (χ4n) is 9.25. The third-order valence-electron chi connectivity index (χ3n) is 11.0. The van der Waals surface area contributed by atoms with E-state index in [2.05, 4.69) is 34.6 Å². The lowest BCUT2D eigenvalue weighted by molar-refractivity contribution is -0.220. The Bertz CT molecular complexity index is 587. The Hall–Kier alpha value is -0.0800. The Labute approximate surface area is 180 Å². The summed E-state index contributed by atoms with van der Waals surface area (Å²) in [7, 11) is 0. The molecule has 168 valence electrons. The van der Waals surface area contributed by atoms with Crippen LogP contribution in [0.25, 0.3) is 0 Å². The number of hydrogen-bond acceptors (Lipinski definition) is 2. The lowest BCUT2D eigenvalue weighted by atomic mass is 9.43. The molecule has 4 aliphatic rings. The Morgan fingerprint density at radius 2 is 1.62 bits per heavy atom. The summed E-state index contributed by atoms with van der Waals surface area (Å²) in [6, 6.07) is 0. The van der Waals surface area contributed by atoms with Crippen molar-refractivity contribution in [2.24, 2.45) is 46.3 Å². The Balaban J connectivity index is 1.49. The van der Waals surface area contributed by atoms with Crippen molar-refractivity contribution < 1.29 is 10.2 Å². The summed E-state index contributed by atoms with van der Waals surface area (Å²) in [6.45, 7) is 12.3. The molecule has 9 atom stereocenters. The molecule has 0 heterocycles. The van der Waals surface area contributed by atoms with E-state index >= 15 is 0 Å². The lowest BCUT2D eigenvalue weighted by Gasteiger charge is -2.64. The van der Waals surface area contributed by atoms with Crippen LogP contribution in [0.4, 0.5) is 0 Å². The van der Waals surface area contributed by atoms with Gasteiger partial charge in [-0.15, -0.1) is 0 Å². The zero-order chi connectivity index (χ0) is 21.0. The second-order valence-corrected chi connectivity index (χ2v) is 12.8. The Kier molecular flexibility index (Phi) is 5.95. The van der Waals surface area contributed by atoms with Crippen LogP contribution >= 0.6 is 0 Å². The molecule has 0 spiro atoms. The maximum absolute atomic E-state index is 11.6. The molecule has 4 rings (SSSR count). The SMILES string of the molecule is CC(C)CCC[C@@H](C)[C@H]1CC[C@H]2[C@@H]3CC[C@]4(O)C[C@@H](O)CC[C@]4(C)[C@H]3CC[C@]12C. The van der Waals surface area contributed by atoms with Crippen molar-refractivity contribution in [2.45, 2.75) is 123 Å². The minimum Gasteiger partial charge on any atom is -0.393 e. The highest BCUT2D eigenvalue weighted by Crippen LogP contribution is 2.69. The van der Waals surface area contributed by atoms with Gasteiger partial charge in [-0.25, -0.2) is 0 Å². The first-order chi connectivity index (χ1) is 13.6. The van der Waals surface area contributed by atoms with Gasteiger partial charge in [0.25, 0.3) is 0 Å². The topological polar surface area (TPSA) is 40.5 Å². The van der Waals surface area contributed by atoms with Crippen molar-refractivity contribution in [3.8, 4) is 0 Å². The first-order valence-electron chi connectivity index (χ1n) is 13.0. The molecule has 0 saturated heterocycles. The zero-order valence-electron chi connectivity index (χ0n) is 19.9. The minimum atomic E-state index is -0.623. The lowest BCUT2D eigenvalue weighted by Crippen LogP contribution is -2.62. The van der Waals surface area contributed by atoms with Gasteiger partial charge in [-0.05, 0) is 97.7 Å². The van der Waals surface area contributed by atoms with Crippen molar-refractivity contribution in [1.29, 1.82) is 0 Å². The smallest absolute Gasteiger partial charge is 0.0728 e. The maximum atomic E-state index is 11.6. The molecular formula is C27H48O2. The van der Waals surface area contributed by atoms with E-state index in [0.717, 1.165) is 48.9 Å². The average Bonchev–Trinajstić information content (AvgIpc) is 2.99. The number of hydrogen-bond donors (Lipinski definition) is 2. The van der Waals surface area contributed by atoms with Crippen molar-refractivity contribution in [1.82, 2.24) is 0 Å². The van der Waals surface area contributed by atoms with E-state index in [1.165, 1.54) is 51.4 Å². The third-order valence-corrected chi connectivity index (χ3v) is 11.0. The molecular weight excluding hydrogens is 356 g/mol. The van der Waals surface area contributed by atoms with Gasteiger partial charge in [0.2, 0.25) is 0 Å². The summed E-state index contributed by atoms with van der Waals surface area (Å²) < 4.78 is 0. The average molecular weight is 405 g/mol. The van der Waals surface area contributed by atoms with Crippen LogP contribution < -0.4 is 0 Å². The summed E-state index contributed by atoms with van der Waals surface area (Å²) in [5.74, 6) is 4.94. The first-order valence-corrected chi connectivity index (χ1v) is 13.0. The second kappa shape index (κ2) is 7.80. The van der Waals surface area contributed by atoms with Gasteiger partial charge in [0.15, 0.2) is 0 Å². The van der Waals surface area contributed by atoms with Crippen LogP contribution in [0.5, 0.6) is 0 Å². The van der Waals surface area contributed by atoms with Gasteiger partial charge in [-0.1, -0.05) is 53.9 Å². The molecule has 0 aromatic carbocycles. The molecule has 0 radical (unpaired) electrons. The van der Waals surface area contributed by atoms with Crippen LogP contribution in [0, 0.1) is 46.3 Å². The maximum Gasteiger partial charge on any atom is 0.0728 e. The Morgan fingerprint density at radius 3 is 2.34 bits per heavy atom. The zero-order valence-corrected chi connectivity index (χ0v) is 19.9. The molecule has 0 aromatic heterocycles. The molecule has 2 heteroatoms. The fourth-order valence-corrected chi connectivity index (χ4v) is 9.25. The second-order valence-electron chi connectivity index (χ2n) is 12.8. The van der Waals surface area contributed by atoms with Crippen LogP contribution in [0.15, 0.2) is 0 Å². The summed E-state index contributed by atoms with van der Waals surface area (Å²) >= 11 is 0. The number of rotatable bonds is 5. The molecule has 0 unspecified atom stereocenters. The summed E-state index contributed by atoms with van der Waals surface area (Å²) in [5.41, 5.74) is -0.0719. The summed E-state index contributed by atoms with van der Waals surface area (Å²) in [5, 5.41) is 21.8. The number of fused-ring (bicyclic) bond motifs is 5. The van der Waals surface area contributed by atoms with Gasteiger partial charge in [0.1, 0.15) is 0 Å². The van der Waals surface area contributed by atoms with Gasteiger partial charge >= 0.3 is 0 Å². The number of aliphatic hydroxyl groups excluding tert-OH is 1. The molecule has 4 fully saturated rings. The van der Waals surface area contributed by atoms with Crippen molar-refractivity contribution in [2.75, 3.05) is 0 Å². The monoisotopic (exact) mass is 404 g/mol. The van der Waals surface area contributed by atoms with E-state index < -0.39 is 5.60 Å². The first kappa shape index (κ1) is 22.1. The predicted molar refractivity (Wildman–Crippen MR) is 121 cm³/mol. The highest BCUT2D eigenvalue weighted by atomic mass is 16.3. The van der Waals surface area contributed by atoms with Crippen LogP contribution in [-0.2, 0) is 0 Å². The highest BCUT2D eigenvalue weighted by Gasteiger charge is 2.64. The predicted octanol–water partition coefficient (Wildman–Crippen LogP) is 6.58. The van der Waals surface area contributed by atoms with Gasteiger partial charge in [-0.3, -0.25) is 0 Å². The molecule has 4 aliphatic carbocycles. The minimum absolute atomic E-state index is 0.0252. The van der Waals surface area contributed by atoms with Crippen LogP contribution in [0.3, 0.4) is 0 Å². The number of aliphatic hydroxyl groups is 2. The van der Waals surface area contributed by atoms with E-state index in [1.807, 2.05) is 0 Å². The summed E-state index contributed by atoms with van der Waals surface area (Å²) in [4.78, 5) is 0. The van der Waals surface area contributed by atoms with E-state index in [-0.39, 0.29) is 11.5 Å². The van der Waals surface area contributed by atoms with Gasteiger partial charge in [0.05, 0.1) is 11.7 Å². The van der Waals surface area contributed by atoms with E-state index in [0.29, 0.717) is 17.8 Å². The largest absolute Gasteiger partial charge is 0.393 e. The van der Waals surface area contributed by atoms with Gasteiger partial charge < -0.3 is 10.2 Å². The van der Waals surface area contributed by atoms with Crippen LogP contribution in [0.2, 0.25) is 0 Å². The van der Waals surface area contributed by atoms with E-state index in [9.17, 15) is 10.2 Å². The summed E-state index contributed by atoms with van der Waals surface area (Å²) in [6.07, 6.45) is 14.1. The standard InChI is InChI=1S/C27H48O2/c1-18(2)7-6-8-19(3)22-9-10-23-21-12-16-27(29)17-20(28)11-15-26(27,5)24(21)13-14-25(22,23)4/h18-24,28-29H,6-17H2,1-5H3/t19-,20+,21+,22-,23+,24+,25-,26-,27+/m1/s1. The molecule has 0 aromatic rings. The van der Waals surface area contributed by atoms with Crippen LogP contribution in [-0.4, -0.2) is 21.9 Å². The molecule has 2 nitrogen and oxygen atoms in total. The van der Waals surface area contributed by atoms with Gasteiger partial charge in [0, 0.05) is 6.42 Å². The van der Waals surface area contributed by atoms with E-state index in [4.69, 9.17) is 0 Å². The Morgan fingerprint density at radius 1 is 0.862 bits per heavy atom. The van der Waals surface area contributed by atoms with Crippen LogP contribution in [0.1, 0.15) is 112 Å². The van der Waals surface area contributed by atoms with Gasteiger partial charge in [-0.2, -0.15) is 0 Å². The molecule has 4 saturated carbocycles. The van der Waals surface area contributed by atoms with Crippen molar-refractivity contribution >= 4 is 0 Å². The van der Waals surface area contributed by atoms with Crippen molar-refractivity contribution in [3.63, 3.8) is 0 Å². The van der Waals surface area contributed by atoms with E-state index in [1.54, 1.807) is 0 Å². The molecule has 2 N–H and O–H groups in total. The quantitative estimate of drug-likeness (QED) is 0.543. The molecule has 0 aliphatic heterocycles. The third kappa shape index (κ3) is 3.53. The fraction of sp³-hybridized carbons (Fsp3) is 1.00. The molecule has 0 amide bonds. The van der Waals surface area contributed by atoms with Crippen molar-refractivity contribution in [3.05, 3.63) is 0 Å². The normalized spacial score (nSPS) is 50.7.